The molecule has 0 aliphatic carbocycles. The van der Waals surface area contributed by atoms with Crippen molar-refractivity contribution in [2.75, 3.05) is 37.8 Å². The number of piperidine rings is 1. The van der Waals surface area contributed by atoms with E-state index in [0.717, 1.165) is 25.3 Å². The van der Waals surface area contributed by atoms with Crippen LogP contribution in [0.5, 0.6) is 0 Å². The third-order valence-corrected chi connectivity index (χ3v) is 6.96. The number of hydrogen-bond acceptors (Lipinski definition) is 7. The highest BCUT2D eigenvalue weighted by Crippen LogP contribution is 2.23. The van der Waals surface area contributed by atoms with Crippen LogP contribution in [0.4, 0.5) is 5.13 Å². The second kappa shape index (κ2) is 8.52. The summed E-state index contributed by atoms with van der Waals surface area (Å²) in [4.78, 5) is 19.4. The highest BCUT2D eigenvalue weighted by atomic mass is 32.2. The van der Waals surface area contributed by atoms with Gasteiger partial charge in [-0.1, -0.05) is 0 Å². The van der Waals surface area contributed by atoms with Gasteiger partial charge in [-0.15, -0.1) is 11.3 Å². The molecular formula is C17H28N4O4S2. The molecule has 3 unspecified atom stereocenters. The zero-order chi connectivity index (χ0) is 19.6. The smallest absolute Gasteiger partial charge is 0.230 e. The maximum absolute atomic E-state index is 12.5. The first kappa shape index (κ1) is 20.7. The first-order valence-corrected chi connectivity index (χ1v) is 12.0. The number of carbonyl (C=O) groups is 1. The first-order chi connectivity index (χ1) is 12.7. The molecule has 2 aliphatic rings. The van der Waals surface area contributed by atoms with E-state index < -0.39 is 10.0 Å². The van der Waals surface area contributed by atoms with E-state index in [1.54, 1.807) is 0 Å². The zero-order valence-electron chi connectivity index (χ0n) is 16.1. The Morgan fingerprint density at radius 3 is 2.70 bits per heavy atom. The van der Waals surface area contributed by atoms with Crippen molar-refractivity contribution in [3.05, 3.63) is 11.1 Å². The fourth-order valence-corrected chi connectivity index (χ4v) is 5.36. The molecule has 8 nitrogen and oxygen atoms in total. The first-order valence-electron chi connectivity index (χ1n) is 9.29. The number of hydrogen-bond donors (Lipinski definition) is 1. The molecule has 1 aromatic rings. The van der Waals surface area contributed by atoms with Crippen LogP contribution in [0.25, 0.3) is 0 Å². The molecule has 27 heavy (non-hydrogen) atoms. The summed E-state index contributed by atoms with van der Waals surface area (Å²) in [6.07, 6.45) is 2.99. The summed E-state index contributed by atoms with van der Waals surface area (Å²) in [5, 5.41) is 5.40. The van der Waals surface area contributed by atoms with Gasteiger partial charge in [0, 0.05) is 38.1 Å². The minimum absolute atomic E-state index is 0.155. The summed E-state index contributed by atoms with van der Waals surface area (Å²) in [5.74, 6) is -0.486. The molecule has 2 fully saturated rings. The third kappa shape index (κ3) is 5.71. The van der Waals surface area contributed by atoms with Gasteiger partial charge in [0.15, 0.2) is 5.13 Å². The monoisotopic (exact) mass is 416 g/mol. The summed E-state index contributed by atoms with van der Waals surface area (Å²) in [6, 6.07) is 0. The van der Waals surface area contributed by atoms with Crippen molar-refractivity contribution in [3.63, 3.8) is 0 Å². The fraction of sp³-hybridized carbons (Fsp3) is 0.765. The number of ether oxygens (including phenoxy) is 1. The van der Waals surface area contributed by atoms with Gasteiger partial charge in [-0.2, -0.15) is 0 Å². The van der Waals surface area contributed by atoms with Gasteiger partial charge in [0.25, 0.3) is 0 Å². The normalized spacial score (nSPS) is 28.2. The van der Waals surface area contributed by atoms with Crippen molar-refractivity contribution in [2.24, 2.45) is 5.92 Å². The van der Waals surface area contributed by atoms with E-state index in [4.69, 9.17) is 4.74 Å². The standard InChI is InChI=1S/C17H28N4O4S2/c1-12-7-20(8-13(2)25-12)10-15-11-26-17(18-15)19-16(22)14-5-4-6-21(9-14)27(3,23)24/h11-14H,4-10H2,1-3H3,(H,18,19,22). The highest BCUT2D eigenvalue weighted by molar-refractivity contribution is 7.88. The van der Waals surface area contributed by atoms with Crippen LogP contribution in [0.2, 0.25) is 0 Å². The third-order valence-electron chi connectivity index (χ3n) is 4.89. The Morgan fingerprint density at radius 1 is 1.33 bits per heavy atom. The van der Waals surface area contributed by atoms with Crippen LogP contribution in [-0.4, -0.2) is 73.2 Å². The van der Waals surface area contributed by atoms with Crippen LogP contribution in [0.3, 0.4) is 0 Å². The number of aromatic nitrogens is 1. The average molecular weight is 417 g/mol. The lowest BCUT2D eigenvalue weighted by molar-refractivity contribution is -0.120. The molecule has 3 heterocycles. The number of sulfonamides is 1. The van der Waals surface area contributed by atoms with Crippen LogP contribution < -0.4 is 5.32 Å². The van der Waals surface area contributed by atoms with Crippen LogP contribution >= 0.6 is 11.3 Å². The van der Waals surface area contributed by atoms with E-state index in [2.05, 4.69) is 29.0 Å². The molecule has 0 aromatic carbocycles. The van der Waals surface area contributed by atoms with E-state index in [1.807, 2.05) is 5.38 Å². The average Bonchev–Trinajstić information content (AvgIpc) is 3.00. The van der Waals surface area contributed by atoms with Crippen molar-refractivity contribution >= 4 is 32.4 Å². The van der Waals surface area contributed by atoms with E-state index in [9.17, 15) is 13.2 Å². The maximum atomic E-state index is 12.5. The molecule has 2 saturated heterocycles. The van der Waals surface area contributed by atoms with Gasteiger partial charge in [-0.25, -0.2) is 17.7 Å². The van der Waals surface area contributed by atoms with Gasteiger partial charge in [0.05, 0.1) is 30.1 Å². The lowest BCUT2D eigenvalue weighted by Gasteiger charge is -2.34. The Bertz CT molecular complexity index is 757. The molecule has 0 bridgehead atoms. The Morgan fingerprint density at radius 2 is 2.04 bits per heavy atom. The van der Waals surface area contributed by atoms with Crippen LogP contribution in [0.15, 0.2) is 5.38 Å². The molecule has 0 spiro atoms. The van der Waals surface area contributed by atoms with Crippen LogP contribution in [0.1, 0.15) is 32.4 Å². The summed E-state index contributed by atoms with van der Waals surface area (Å²) in [7, 11) is -3.26. The number of carbonyl (C=O) groups excluding carboxylic acids is 1. The van der Waals surface area contributed by atoms with E-state index in [-0.39, 0.29) is 30.6 Å². The number of anilines is 1. The molecule has 10 heteroatoms. The second-order valence-corrected chi connectivity index (χ2v) is 10.4. The molecule has 1 N–H and O–H groups in total. The number of thiazole rings is 1. The minimum atomic E-state index is -3.26. The van der Waals surface area contributed by atoms with Crippen LogP contribution in [-0.2, 0) is 26.1 Å². The largest absolute Gasteiger partial charge is 0.373 e. The summed E-state index contributed by atoms with van der Waals surface area (Å²) in [5.41, 5.74) is 0.929. The summed E-state index contributed by atoms with van der Waals surface area (Å²) >= 11 is 1.41. The molecule has 152 valence electrons. The van der Waals surface area contributed by atoms with Gasteiger partial charge in [0.1, 0.15) is 0 Å². The Balaban J connectivity index is 1.55. The molecule has 2 aliphatic heterocycles. The van der Waals surface area contributed by atoms with Crippen LogP contribution in [0, 0.1) is 5.92 Å². The quantitative estimate of drug-likeness (QED) is 0.779. The molecule has 1 amide bonds. The molecule has 0 radical (unpaired) electrons. The second-order valence-electron chi connectivity index (χ2n) is 7.54. The molecule has 1 aromatic heterocycles. The van der Waals surface area contributed by atoms with Gasteiger partial charge >= 0.3 is 0 Å². The topological polar surface area (TPSA) is 91.8 Å². The molecular weight excluding hydrogens is 388 g/mol. The lowest BCUT2D eigenvalue weighted by atomic mass is 9.99. The van der Waals surface area contributed by atoms with Crippen molar-refractivity contribution in [3.8, 4) is 0 Å². The molecule has 3 rings (SSSR count). The van der Waals surface area contributed by atoms with Gasteiger partial charge in [-0.3, -0.25) is 9.69 Å². The predicted molar refractivity (Wildman–Crippen MR) is 105 cm³/mol. The number of nitrogens with one attached hydrogen (secondary N) is 1. The minimum Gasteiger partial charge on any atom is -0.373 e. The van der Waals surface area contributed by atoms with Crippen molar-refractivity contribution in [2.45, 2.75) is 45.4 Å². The van der Waals surface area contributed by atoms with E-state index in [1.165, 1.54) is 21.9 Å². The zero-order valence-corrected chi connectivity index (χ0v) is 17.7. The highest BCUT2D eigenvalue weighted by Gasteiger charge is 2.30. The summed E-state index contributed by atoms with van der Waals surface area (Å²) < 4.78 is 30.6. The molecule has 0 saturated carbocycles. The maximum Gasteiger partial charge on any atom is 0.230 e. The SMILES string of the molecule is CC1CN(Cc2csc(NC(=O)C3CCCN(S(C)(=O)=O)C3)n2)CC(C)O1. The summed E-state index contributed by atoms with van der Waals surface area (Å²) in [6.45, 7) is 7.33. The van der Waals surface area contributed by atoms with Gasteiger partial charge in [0.2, 0.25) is 15.9 Å². The van der Waals surface area contributed by atoms with E-state index in [0.29, 0.717) is 24.5 Å². The van der Waals surface area contributed by atoms with Gasteiger partial charge in [-0.05, 0) is 26.7 Å². The van der Waals surface area contributed by atoms with Crippen molar-refractivity contribution in [1.29, 1.82) is 0 Å². The number of rotatable bonds is 5. The van der Waals surface area contributed by atoms with E-state index >= 15 is 0 Å². The number of nitrogens with zero attached hydrogens (tertiary/aromatic N) is 3. The Labute approximate surface area is 164 Å². The van der Waals surface area contributed by atoms with Gasteiger partial charge < -0.3 is 10.1 Å². The molecule has 3 atom stereocenters. The number of morpholine rings is 1. The predicted octanol–water partition coefficient (Wildman–Crippen LogP) is 1.36. The Hall–Kier alpha value is -1.07. The lowest BCUT2D eigenvalue weighted by Crippen LogP contribution is -2.44. The number of amides is 1. The van der Waals surface area contributed by atoms with Crippen molar-refractivity contribution in [1.82, 2.24) is 14.2 Å². The Kier molecular flexibility index (Phi) is 6.52. The van der Waals surface area contributed by atoms with Crippen molar-refractivity contribution < 1.29 is 17.9 Å². The fourth-order valence-electron chi connectivity index (χ4n) is 3.74.